The zero-order valence-corrected chi connectivity index (χ0v) is 18.6. The monoisotopic (exact) mass is 472 g/mol. The minimum Gasteiger partial charge on any atom is -0.294 e. The van der Waals surface area contributed by atoms with Gasteiger partial charge in [-0.1, -0.05) is 69.9 Å². The Kier molecular flexibility index (Phi) is 9.57. The molecule has 0 amide bonds. The molecule has 6 nitrogen and oxygen atoms in total. The maximum Gasteiger partial charge on any atom is 0.190 e. The van der Waals surface area contributed by atoms with Gasteiger partial charge in [-0.2, -0.15) is 0 Å². The second kappa shape index (κ2) is 10.6. The first-order valence-corrected chi connectivity index (χ1v) is 10.6. The molecule has 2 aromatic rings. The van der Waals surface area contributed by atoms with Gasteiger partial charge >= 0.3 is 0 Å². The van der Waals surface area contributed by atoms with Crippen LogP contribution in [0.3, 0.4) is 0 Å². The molecular formula is C14H12Cl4N4O2S2. The summed E-state index contributed by atoms with van der Waals surface area (Å²) < 4.78 is 0. The summed E-state index contributed by atoms with van der Waals surface area (Å²) in [5, 5.41) is 1.35. The third-order valence-corrected chi connectivity index (χ3v) is 4.86. The van der Waals surface area contributed by atoms with Crippen molar-refractivity contribution >= 4 is 81.5 Å². The second-order valence-corrected chi connectivity index (χ2v) is 7.43. The van der Waals surface area contributed by atoms with Crippen molar-refractivity contribution in [3.8, 4) is 0 Å². The Morgan fingerprint density at radius 2 is 0.885 bits per heavy atom. The zero-order valence-electron chi connectivity index (χ0n) is 13.9. The molecule has 0 saturated carbocycles. The highest BCUT2D eigenvalue weighted by Gasteiger charge is 2.15. The van der Waals surface area contributed by atoms with Gasteiger partial charge in [0.05, 0.1) is 11.1 Å². The molecule has 2 rings (SSSR count). The Hall–Kier alpha value is -0.640. The average Bonchev–Trinajstić information content (AvgIpc) is 2.53. The van der Waals surface area contributed by atoms with Gasteiger partial charge in [-0.15, -0.1) is 0 Å². The van der Waals surface area contributed by atoms with E-state index in [2.05, 4.69) is 19.9 Å². The van der Waals surface area contributed by atoms with Gasteiger partial charge < -0.3 is 0 Å². The van der Waals surface area contributed by atoms with Gasteiger partial charge in [0.1, 0.15) is 20.6 Å². The van der Waals surface area contributed by atoms with Gasteiger partial charge in [-0.05, 0) is 26.4 Å². The number of ketones is 2. The van der Waals surface area contributed by atoms with Crippen LogP contribution < -0.4 is 0 Å². The lowest BCUT2D eigenvalue weighted by Crippen LogP contribution is -2.00. The summed E-state index contributed by atoms with van der Waals surface area (Å²) in [6.45, 7) is 2.74. The van der Waals surface area contributed by atoms with Crippen LogP contribution in [0.15, 0.2) is 10.3 Å². The maximum absolute atomic E-state index is 11.0. The first-order valence-electron chi connectivity index (χ1n) is 6.68. The van der Waals surface area contributed by atoms with Crippen molar-refractivity contribution in [2.75, 3.05) is 12.5 Å². The number of thioether (sulfide) groups is 2. The first kappa shape index (κ1) is 23.4. The van der Waals surface area contributed by atoms with Gasteiger partial charge in [0.15, 0.2) is 21.9 Å². The maximum atomic E-state index is 11.0. The molecule has 0 atom stereocenters. The van der Waals surface area contributed by atoms with Crippen molar-refractivity contribution in [1.29, 1.82) is 0 Å². The Labute approximate surface area is 178 Å². The minimum atomic E-state index is -0.234. The molecule has 0 saturated heterocycles. The highest BCUT2D eigenvalue weighted by Crippen LogP contribution is 2.25. The number of halogens is 4. The molecule has 2 aromatic heterocycles. The Balaban J connectivity index is 0.000000260. The summed E-state index contributed by atoms with van der Waals surface area (Å²) in [7, 11) is 0. The van der Waals surface area contributed by atoms with Crippen LogP contribution in [0.2, 0.25) is 20.6 Å². The lowest BCUT2D eigenvalue weighted by molar-refractivity contribution is 0.100. The van der Waals surface area contributed by atoms with E-state index < -0.39 is 0 Å². The number of Topliss-reactive ketones (excluding diaryl/α,β-unsaturated/α-hetero) is 2. The van der Waals surface area contributed by atoms with Crippen molar-refractivity contribution in [1.82, 2.24) is 19.9 Å². The predicted octanol–water partition coefficient (Wildman–Crippen LogP) is 5.42. The van der Waals surface area contributed by atoms with E-state index in [1.807, 2.05) is 0 Å². The fourth-order valence-corrected chi connectivity index (χ4v) is 3.78. The van der Waals surface area contributed by atoms with Crippen molar-refractivity contribution in [2.45, 2.75) is 24.2 Å². The van der Waals surface area contributed by atoms with Crippen LogP contribution in [0.25, 0.3) is 0 Å². The van der Waals surface area contributed by atoms with Crippen LogP contribution in [0.5, 0.6) is 0 Å². The third kappa shape index (κ3) is 6.21. The zero-order chi connectivity index (χ0) is 20.0. The molecule has 0 bridgehead atoms. The molecule has 2 heterocycles. The molecule has 0 aliphatic carbocycles. The third-order valence-electron chi connectivity index (χ3n) is 2.67. The number of aromatic nitrogens is 4. The topological polar surface area (TPSA) is 85.7 Å². The summed E-state index contributed by atoms with van der Waals surface area (Å²) in [6.07, 6.45) is 3.60. The highest BCUT2D eigenvalue weighted by molar-refractivity contribution is 7.98. The van der Waals surface area contributed by atoms with E-state index in [4.69, 9.17) is 46.4 Å². The number of nitrogens with zero attached hydrogens (tertiary/aromatic N) is 4. The van der Waals surface area contributed by atoms with E-state index in [1.54, 1.807) is 12.5 Å². The molecule has 26 heavy (non-hydrogen) atoms. The Morgan fingerprint density at radius 1 is 0.654 bits per heavy atom. The standard InChI is InChI=1S/2C7H6Cl2N2OS/c2*1-3(12)4-5(8)10-7(13-2)11-6(4)9/h2*1-2H3. The predicted molar refractivity (Wildman–Crippen MR) is 108 cm³/mol. The summed E-state index contributed by atoms with van der Waals surface area (Å²) in [5.41, 5.74) is 0.363. The smallest absolute Gasteiger partial charge is 0.190 e. The van der Waals surface area contributed by atoms with Gasteiger partial charge in [0, 0.05) is 0 Å². The second-order valence-electron chi connectivity index (χ2n) is 4.45. The molecule has 0 spiro atoms. The van der Waals surface area contributed by atoms with Crippen molar-refractivity contribution in [2.24, 2.45) is 0 Å². The van der Waals surface area contributed by atoms with Crippen LogP contribution in [0, 0.1) is 0 Å². The van der Waals surface area contributed by atoms with E-state index >= 15 is 0 Å². The molecule has 0 aliphatic heterocycles. The van der Waals surface area contributed by atoms with E-state index in [9.17, 15) is 9.59 Å². The lowest BCUT2D eigenvalue weighted by Gasteiger charge is -2.02. The molecule has 0 unspecified atom stereocenters. The number of rotatable bonds is 4. The number of carbonyl (C=O) groups is 2. The quantitative estimate of drug-likeness (QED) is 0.252. The fourth-order valence-electron chi connectivity index (χ4n) is 1.54. The lowest BCUT2D eigenvalue weighted by atomic mass is 10.2. The van der Waals surface area contributed by atoms with Crippen LogP contribution in [-0.2, 0) is 0 Å². The van der Waals surface area contributed by atoms with Gasteiger partial charge in [-0.25, -0.2) is 19.9 Å². The first-order chi connectivity index (χ1) is 12.1. The molecule has 140 valence electrons. The number of carbonyl (C=O) groups excluding carboxylic acids is 2. The van der Waals surface area contributed by atoms with Gasteiger partial charge in [-0.3, -0.25) is 9.59 Å². The van der Waals surface area contributed by atoms with Crippen LogP contribution in [-0.4, -0.2) is 44.0 Å². The van der Waals surface area contributed by atoms with Gasteiger partial charge in [0.25, 0.3) is 0 Å². The molecular weight excluding hydrogens is 462 g/mol. The summed E-state index contributed by atoms with van der Waals surface area (Å²) in [5.74, 6) is -0.467. The van der Waals surface area contributed by atoms with Crippen LogP contribution in [0.1, 0.15) is 34.6 Å². The van der Waals surface area contributed by atoms with Gasteiger partial charge in [0.2, 0.25) is 0 Å². The number of hydrogen-bond donors (Lipinski definition) is 0. The summed E-state index contributed by atoms with van der Waals surface area (Å²) in [4.78, 5) is 37.6. The average molecular weight is 474 g/mol. The molecule has 0 fully saturated rings. The normalized spacial score (nSPS) is 10.2. The fraction of sp³-hybridized carbons (Fsp3) is 0.286. The van der Waals surface area contributed by atoms with Crippen molar-refractivity contribution in [3.63, 3.8) is 0 Å². The van der Waals surface area contributed by atoms with Crippen molar-refractivity contribution in [3.05, 3.63) is 31.7 Å². The van der Waals surface area contributed by atoms with Crippen LogP contribution >= 0.6 is 69.9 Å². The largest absolute Gasteiger partial charge is 0.294 e. The summed E-state index contributed by atoms with van der Waals surface area (Å²) in [6, 6.07) is 0. The van der Waals surface area contributed by atoms with E-state index in [-0.39, 0.29) is 43.3 Å². The highest BCUT2D eigenvalue weighted by atomic mass is 35.5. The molecule has 0 aromatic carbocycles. The van der Waals surface area contributed by atoms with Crippen LogP contribution in [0.4, 0.5) is 0 Å². The Bertz CT molecular complexity index is 736. The SMILES string of the molecule is CSc1nc(Cl)c(C(C)=O)c(Cl)n1.CSc1nc(Cl)c(C(C)=O)c(Cl)n1. The number of hydrogen-bond acceptors (Lipinski definition) is 8. The van der Waals surface area contributed by atoms with E-state index in [0.29, 0.717) is 10.3 Å². The van der Waals surface area contributed by atoms with Crippen molar-refractivity contribution < 1.29 is 9.59 Å². The molecule has 12 heteroatoms. The Morgan fingerprint density at radius 3 is 1.04 bits per heavy atom. The minimum absolute atomic E-state index is 0.108. The molecule has 0 N–H and O–H groups in total. The van der Waals surface area contributed by atoms with E-state index in [0.717, 1.165) is 0 Å². The van der Waals surface area contributed by atoms with E-state index in [1.165, 1.54) is 37.4 Å². The molecule has 0 aliphatic rings. The summed E-state index contributed by atoms with van der Waals surface area (Å²) >= 11 is 25.6. The molecule has 0 radical (unpaired) electrons.